The van der Waals surface area contributed by atoms with Crippen molar-refractivity contribution in [2.75, 3.05) is 4.90 Å². The molecule has 1 amide bonds. The van der Waals surface area contributed by atoms with Gasteiger partial charge in [-0.2, -0.15) is 0 Å². The zero-order chi connectivity index (χ0) is 17.5. The molecule has 1 aliphatic rings. The van der Waals surface area contributed by atoms with Crippen LogP contribution < -0.4 is 4.90 Å². The topological polar surface area (TPSA) is 57.6 Å². The molecule has 24 heavy (non-hydrogen) atoms. The molecule has 3 rings (SSSR count). The van der Waals surface area contributed by atoms with Gasteiger partial charge < -0.3 is 10.0 Å². The molecule has 0 saturated carbocycles. The molecule has 5 heteroatoms. The molecule has 1 aliphatic heterocycles. The fraction of sp³-hybridized carbons (Fsp3) is 0.263. The normalized spacial score (nSPS) is 19.7. The Bertz CT molecular complexity index is 801. The van der Waals surface area contributed by atoms with Gasteiger partial charge in [-0.25, -0.2) is 4.39 Å². The van der Waals surface area contributed by atoms with E-state index in [0.717, 1.165) is 0 Å². The van der Waals surface area contributed by atoms with Crippen LogP contribution in [0.3, 0.4) is 0 Å². The van der Waals surface area contributed by atoms with Crippen molar-refractivity contribution in [1.82, 2.24) is 0 Å². The molecule has 0 spiro atoms. The van der Waals surface area contributed by atoms with Crippen molar-refractivity contribution < 1.29 is 19.1 Å². The minimum absolute atomic E-state index is 0.145. The summed E-state index contributed by atoms with van der Waals surface area (Å²) in [6.07, 6.45) is -0.377. The average molecular weight is 327 g/mol. The molecule has 2 aromatic rings. The zero-order valence-corrected chi connectivity index (χ0v) is 13.5. The van der Waals surface area contributed by atoms with Gasteiger partial charge in [0.05, 0.1) is 12.1 Å². The summed E-state index contributed by atoms with van der Waals surface area (Å²) in [6, 6.07) is 11.9. The summed E-state index contributed by atoms with van der Waals surface area (Å²) in [7, 11) is 0. The Balaban J connectivity index is 1.98. The van der Waals surface area contributed by atoms with E-state index in [4.69, 9.17) is 0 Å². The number of hydrogen-bond donors (Lipinski definition) is 1. The van der Waals surface area contributed by atoms with E-state index < -0.39 is 23.1 Å². The number of anilines is 1. The molecule has 1 N–H and O–H groups in total. The molecule has 2 aromatic carbocycles. The standard InChI is InChI=1S/C19H18FNO3/c1-12(2)21-16-6-4-3-5-15(16)19(24,18(21)23)11-17(22)13-7-9-14(20)10-8-13/h3-10,12,24H,11H2,1-2H3/t19-/m0/s1. The first-order chi connectivity index (χ1) is 11.3. The Kier molecular flexibility index (Phi) is 3.97. The highest BCUT2D eigenvalue weighted by atomic mass is 19.1. The molecule has 1 atom stereocenters. The van der Waals surface area contributed by atoms with E-state index in [1.807, 2.05) is 13.8 Å². The van der Waals surface area contributed by atoms with Gasteiger partial charge in [-0.05, 0) is 44.2 Å². The summed E-state index contributed by atoms with van der Waals surface area (Å²) in [4.78, 5) is 26.8. The number of para-hydroxylation sites is 1. The maximum atomic E-state index is 13.0. The summed E-state index contributed by atoms with van der Waals surface area (Å²) in [5, 5.41) is 11.0. The van der Waals surface area contributed by atoms with Crippen molar-refractivity contribution in [1.29, 1.82) is 0 Å². The fourth-order valence-electron chi connectivity index (χ4n) is 3.11. The highest BCUT2D eigenvalue weighted by Crippen LogP contribution is 2.43. The summed E-state index contributed by atoms with van der Waals surface area (Å²) in [6.45, 7) is 3.70. The number of halogens is 1. The SMILES string of the molecule is CC(C)N1C(=O)[C@](O)(CC(=O)c2ccc(F)cc2)c2ccccc21. The number of ketones is 1. The van der Waals surface area contributed by atoms with Gasteiger partial charge >= 0.3 is 0 Å². The van der Waals surface area contributed by atoms with Crippen LogP contribution >= 0.6 is 0 Å². The van der Waals surface area contributed by atoms with Gasteiger partial charge in [0.2, 0.25) is 0 Å². The first kappa shape index (κ1) is 16.3. The molecule has 0 aromatic heterocycles. The Morgan fingerprint density at radius 1 is 1.17 bits per heavy atom. The van der Waals surface area contributed by atoms with Crippen LogP contribution in [0.1, 0.15) is 36.2 Å². The number of carbonyl (C=O) groups excluding carboxylic acids is 2. The largest absolute Gasteiger partial charge is 0.375 e. The Morgan fingerprint density at radius 3 is 2.42 bits per heavy atom. The monoisotopic (exact) mass is 327 g/mol. The average Bonchev–Trinajstić information content (AvgIpc) is 2.76. The molecule has 0 saturated heterocycles. The third-order valence-corrected chi connectivity index (χ3v) is 4.28. The Labute approximate surface area is 139 Å². The highest BCUT2D eigenvalue weighted by molar-refractivity contribution is 6.11. The van der Waals surface area contributed by atoms with Gasteiger partial charge in [0, 0.05) is 17.2 Å². The molecule has 124 valence electrons. The van der Waals surface area contributed by atoms with E-state index in [2.05, 4.69) is 0 Å². The van der Waals surface area contributed by atoms with Crippen LogP contribution in [0.15, 0.2) is 48.5 Å². The molecule has 0 fully saturated rings. The van der Waals surface area contributed by atoms with Crippen LogP contribution in [-0.4, -0.2) is 22.8 Å². The minimum Gasteiger partial charge on any atom is -0.375 e. The van der Waals surface area contributed by atoms with E-state index in [1.165, 1.54) is 29.2 Å². The zero-order valence-electron chi connectivity index (χ0n) is 13.5. The Morgan fingerprint density at radius 2 is 1.79 bits per heavy atom. The van der Waals surface area contributed by atoms with Crippen LogP contribution in [-0.2, 0) is 10.4 Å². The summed E-state index contributed by atoms with van der Waals surface area (Å²) in [5.74, 6) is -1.36. The van der Waals surface area contributed by atoms with Crippen LogP contribution in [0, 0.1) is 5.82 Å². The number of fused-ring (bicyclic) bond motifs is 1. The van der Waals surface area contributed by atoms with Crippen molar-refractivity contribution in [3.63, 3.8) is 0 Å². The highest BCUT2D eigenvalue weighted by Gasteiger charge is 2.51. The number of aliphatic hydroxyl groups is 1. The van der Waals surface area contributed by atoms with E-state index >= 15 is 0 Å². The van der Waals surface area contributed by atoms with Crippen molar-refractivity contribution in [2.24, 2.45) is 0 Å². The molecule has 0 bridgehead atoms. The number of Topliss-reactive ketones (excluding diaryl/α,β-unsaturated/α-hetero) is 1. The maximum absolute atomic E-state index is 13.0. The van der Waals surface area contributed by atoms with Crippen LogP contribution in [0.25, 0.3) is 0 Å². The third-order valence-electron chi connectivity index (χ3n) is 4.28. The number of hydrogen-bond acceptors (Lipinski definition) is 3. The predicted octanol–water partition coefficient (Wildman–Crippen LogP) is 3.04. The van der Waals surface area contributed by atoms with Crippen molar-refractivity contribution in [3.8, 4) is 0 Å². The van der Waals surface area contributed by atoms with E-state index in [-0.39, 0.29) is 18.0 Å². The lowest BCUT2D eigenvalue weighted by Gasteiger charge is -2.25. The van der Waals surface area contributed by atoms with Gasteiger partial charge in [0.15, 0.2) is 11.4 Å². The second-order valence-corrected chi connectivity index (χ2v) is 6.25. The van der Waals surface area contributed by atoms with Gasteiger partial charge in [-0.15, -0.1) is 0 Å². The van der Waals surface area contributed by atoms with Crippen LogP contribution in [0.4, 0.5) is 10.1 Å². The van der Waals surface area contributed by atoms with Crippen molar-refractivity contribution in [2.45, 2.75) is 31.9 Å². The second-order valence-electron chi connectivity index (χ2n) is 6.25. The van der Waals surface area contributed by atoms with Gasteiger partial charge in [0.25, 0.3) is 5.91 Å². The summed E-state index contributed by atoms with van der Waals surface area (Å²) in [5.41, 5.74) is -0.587. The smallest absolute Gasteiger partial charge is 0.264 e. The summed E-state index contributed by atoms with van der Waals surface area (Å²) < 4.78 is 13.0. The number of nitrogens with zero attached hydrogens (tertiary/aromatic N) is 1. The lowest BCUT2D eigenvalue weighted by molar-refractivity contribution is -0.136. The van der Waals surface area contributed by atoms with Crippen LogP contribution in [0.2, 0.25) is 0 Å². The molecule has 0 radical (unpaired) electrons. The molecule has 1 heterocycles. The number of rotatable bonds is 4. The van der Waals surface area contributed by atoms with Crippen molar-refractivity contribution >= 4 is 17.4 Å². The van der Waals surface area contributed by atoms with Crippen molar-refractivity contribution in [3.05, 3.63) is 65.5 Å². The number of carbonyl (C=O) groups is 2. The first-order valence-electron chi connectivity index (χ1n) is 7.79. The second kappa shape index (κ2) is 5.83. The number of amides is 1. The predicted molar refractivity (Wildman–Crippen MR) is 88.3 cm³/mol. The maximum Gasteiger partial charge on any atom is 0.264 e. The minimum atomic E-state index is -1.90. The first-order valence-corrected chi connectivity index (χ1v) is 7.79. The molecular weight excluding hydrogens is 309 g/mol. The van der Waals surface area contributed by atoms with Gasteiger partial charge in [0.1, 0.15) is 5.82 Å². The number of benzene rings is 2. The lowest BCUT2D eigenvalue weighted by atomic mass is 9.88. The fourth-order valence-corrected chi connectivity index (χ4v) is 3.11. The van der Waals surface area contributed by atoms with E-state index in [9.17, 15) is 19.1 Å². The summed E-state index contributed by atoms with van der Waals surface area (Å²) >= 11 is 0. The molecular formula is C19H18FNO3. The lowest BCUT2D eigenvalue weighted by Crippen LogP contribution is -2.44. The van der Waals surface area contributed by atoms with Gasteiger partial charge in [-0.3, -0.25) is 9.59 Å². The Hall–Kier alpha value is -2.53. The van der Waals surface area contributed by atoms with E-state index in [1.54, 1.807) is 24.3 Å². The third kappa shape index (κ3) is 2.51. The molecule has 4 nitrogen and oxygen atoms in total. The molecule has 0 aliphatic carbocycles. The molecule has 0 unspecified atom stereocenters. The van der Waals surface area contributed by atoms with Gasteiger partial charge in [-0.1, -0.05) is 18.2 Å². The van der Waals surface area contributed by atoms with E-state index in [0.29, 0.717) is 11.3 Å². The quantitative estimate of drug-likeness (QED) is 0.878. The van der Waals surface area contributed by atoms with Crippen LogP contribution in [0.5, 0.6) is 0 Å².